The maximum absolute atomic E-state index is 14.8. The van der Waals surface area contributed by atoms with Crippen LogP contribution in [0.25, 0.3) is 0 Å². The van der Waals surface area contributed by atoms with Crippen molar-refractivity contribution in [2.75, 3.05) is 40.3 Å². The van der Waals surface area contributed by atoms with E-state index in [1.54, 1.807) is 17.9 Å². The SMILES string of the molecule is COc1ccc(Cn2nnnc2[C@H](c2ccccc2F)[NH+]2CC[NH+](C)CC2)cc1. The van der Waals surface area contributed by atoms with Crippen LogP contribution in [0.2, 0.25) is 0 Å². The third kappa shape index (κ3) is 4.28. The summed E-state index contributed by atoms with van der Waals surface area (Å²) in [6, 6.07) is 14.6. The van der Waals surface area contributed by atoms with Crippen LogP contribution >= 0.6 is 0 Å². The Morgan fingerprint density at radius 2 is 1.79 bits per heavy atom. The van der Waals surface area contributed by atoms with Crippen LogP contribution in [0.3, 0.4) is 0 Å². The average Bonchev–Trinajstić information content (AvgIpc) is 3.19. The largest absolute Gasteiger partial charge is 0.497 e. The van der Waals surface area contributed by atoms with E-state index in [9.17, 15) is 4.39 Å². The number of methoxy groups -OCH3 is 1. The smallest absolute Gasteiger partial charge is 0.214 e. The lowest BCUT2D eigenvalue weighted by Gasteiger charge is -2.32. The van der Waals surface area contributed by atoms with Gasteiger partial charge in [0.05, 0.1) is 26.3 Å². The molecule has 0 saturated carbocycles. The minimum Gasteiger partial charge on any atom is -0.497 e. The number of aromatic nitrogens is 4. The van der Waals surface area contributed by atoms with E-state index in [-0.39, 0.29) is 11.9 Å². The summed E-state index contributed by atoms with van der Waals surface area (Å²) < 4.78 is 21.8. The summed E-state index contributed by atoms with van der Waals surface area (Å²) in [6.07, 6.45) is 0. The van der Waals surface area contributed by atoms with Gasteiger partial charge in [-0.3, -0.25) is 0 Å². The fraction of sp³-hybridized carbons (Fsp3) is 0.381. The van der Waals surface area contributed by atoms with Crippen molar-refractivity contribution >= 4 is 0 Å². The van der Waals surface area contributed by atoms with Gasteiger partial charge in [0.25, 0.3) is 0 Å². The summed E-state index contributed by atoms with van der Waals surface area (Å²) in [5.41, 5.74) is 1.71. The number of tetrazole rings is 1. The van der Waals surface area contributed by atoms with Crippen LogP contribution in [-0.4, -0.2) is 60.5 Å². The number of nitrogens with one attached hydrogen (secondary N) is 2. The predicted octanol–water partition coefficient (Wildman–Crippen LogP) is -0.628. The van der Waals surface area contributed by atoms with Crippen LogP contribution in [0.1, 0.15) is 23.0 Å². The molecular weight excluding hydrogens is 371 g/mol. The predicted molar refractivity (Wildman–Crippen MR) is 105 cm³/mol. The minimum atomic E-state index is -0.238. The highest BCUT2D eigenvalue weighted by Gasteiger charge is 2.36. The number of quaternary nitrogens is 2. The summed E-state index contributed by atoms with van der Waals surface area (Å²) in [4.78, 5) is 2.80. The second kappa shape index (κ2) is 8.67. The van der Waals surface area contributed by atoms with Gasteiger partial charge in [-0.1, -0.05) is 24.3 Å². The molecule has 0 unspecified atom stereocenters. The standard InChI is InChI=1S/C21H25FN6O/c1-26-11-13-27(14-12-26)20(18-5-3-4-6-19(18)22)21-23-24-25-28(21)15-16-7-9-17(29-2)10-8-16/h3-10,20H,11-15H2,1-2H3/p+2/t20-/m0/s1. The number of ether oxygens (including phenoxy) is 1. The van der Waals surface area contributed by atoms with E-state index in [0.29, 0.717) is 17.9 Å². The van der Waals surface area contributed by atoms with Crippen molar-refractivity contribution in [3.05, 3.63) is 71.3 Å². The van der Waals surface area contributed by atoms with Gasteiger partial charge in [-0.15, -0.1) is 5.10 Å². The molecule has 1 fully saturated rings. The van der Waals surface area contributed by atoms with Gasteiger partial charge in [0.15, 0.2) is 6.04 Å². The Bertz CT molecular complexity index is 936. The van der Waals surface area contributed by atoms with E-state index in [0.717, 1.165) is 37.5 Å². The quantitative estimate of drug-likeness (QED) is 0.581. The third-order valence-corrected chi connectivity index (χ3v) is 5.68. The Kier molecular flexibility index (Phi) is 5.82. The minimum absolute atomic E-state index is 0.213. The van der Waals surface area contributed by atoms with Gasteiger partial charge in [-0.05, 0) is 40.3 Å². The van der Waals surface area contributed by atoms with Crippen molar-refractivity contribution in [1.82, 2.24) is 20.2 Å². The number of hydrogen-bond donors (Lipinski definition) is 2. The molecule has 2 heterocycles. The molecule has 7 nitrogen and oxygen atoms in total. The lowest BCUT2D eigenvalue weighted by atomic mass is 10.0. The zero-order valence-electron chi connectivity index (χ0n) is 16.8. The molecule has 152 valence electrons. The summed E-state index contributed by atoms with van der Waals surface area (Å²) in [6.45, 7) is 4.50. The Morgan fingerprint density at radius 1 is 1.07 bits per heavy atom. The zero-order chi connectivity index (χ0) is 20.2. The van der Waals surface area contributed by atoms with E-state index >= 15 is 0 Å². The first kappa shape index (κ1) is 19.5. The average molecular weight is 398 g/mol. The molecule has 1 saturated heterocycles. The molecule has 29 heavy (non-hydrogen) atoms. The Balaban J connectivity index is 1.68. The van der Waals surface area contributed by atoms with E-state index in [1.165, 1.54) is 15.9 Å². The molecule has 8 heteroatoms. The number of piperazine rings is 1. The van der Waals surface area contributed by atoms with Crippen LogP contribution in [0, 0.1) is 5.82 Å². The lowest BCUT2D eigenvalue weighted by Crippen LogP contribution is -3.27. The van der Waals surface area contributed by atoms with Crippen LogP contribution in [0.5, 0.6) is 5.75 Å². The fourth-order valence-electron chi connectivity index (χ4n) is 3.97. The molecular formula is C21H27FN6O+2. The highest BCUT2D eigenvalue weighted by molar-refractivity contribution is 5.28. The van der Waals surface area contributed by atoms with Crippen molar-refractivity contribution in [2.24, 2.45) is 0 Å². The second-order valence-corrected chi connectivity index (χ2v) is 7.61. The molecule has 0 amide bonds. The third-order valence-electron chi connectivity index (χ3n) is 5.68. The van der Waals surface area contributed by atoms with Crippen LogP contribution in [-0.2, 0) is 6.54 Å². The van der Waals surface area contributed by atoms with Gasteiger partial charge in [0.2, 0.25) is 5.82 Å². The molecule has 1 atom stereocenters. The van der Waals surface area contributed by atoms with Gasteiger partial charge in [-0.2, -0.15) is 0 Å². The summed E-state index contributed by atoms with van der Waals surface area (Å²) >= 11 is 0. The molecule has 2 aromatic carbocycles. The van der Waals surface area contributed by atoms with Crippen molar-refractivity contribution < 1.29 is 18.9 Å². The normalized spacial score (nSPS) is 20.4. The van der Waals surface area contributed by atoms with E-state index in [4.69, 9.17) is 4.74 Å². The zero-order valence-corrected chi connectivity index (χ0v) is 16.8. The molecule has 3 aromatic rings. The maximum Gasteiger partial charge on any atom is 0.214 e. The highest BCUT2D eigenvalue weighted by Crippen LogP contribution is 2.21. The van der Waals surface area contributed by atoms with Gasteiger partial charge >= 0.3 is 0 Å². The van der Waals surface area contributed by atoms with Crippen molar-refractivity contribution in [2.45, 2.75) is 12.6 Å². The summed E-state index contributed by atoms with van der Waals surface area (Å²) in [5.74, 6) is 1.29. The number of likely N-dealkylation sites (N-methyl/N-ethyl adjacent to an activating group) is 1. The maximum atomic E-state index is 14.8. The monoisotopic (exact) mass is 398 g/mol. The van der Waals surface area contributed by atoms with Crippen LogP contribution in [0.4, 0.5) is 4.39 Å². The Morgan fingerprint density at radius 3 is 2.48 bits per heavy atom. The van der Waals surface area contributed by atoms with E-state index in [1.807, 2.05) is 36.4 Å². The first-order valence-corrected chi connectivity index (χ1v) is 9.95. The Labute approximate surface area is 169 Å². The molecule has 2 N–H and O–H groups in total. The van der Waals surface area contributed by atoms with Crippen molar-refractivity contribution in [1.29, 1.82) is 0 Å². The molecule has 4 rings (SSSR count). The van der Waals surface area contributed by atoms with E-state index < -0.39 is 0 Å². The Hall–Kier alpha value is -2.84. The molecule has 1 aromatic heterocycles. The molecule has 1 aliphatic rings. The summed E-state index contributed by atoms with van der Waals surface area (Å²) in [5, 5.41) is 12.5. The van der Waals surface area contributed by atoms with E-state index in [2.05, 4.69) is 22.6 Å². The lowest BCUT2D eigenvalue weighted by molar-refractivity contribution is -1.02. The second-order valence-electron chi connectivity index (χ2n) is 7.61. The van der Waals surface area contributed by atoms with Gasteiger partial charge in [0.1, 0.15) is 37.7 Å². The number of halogens is 1. The van der Waals surface area contributed by atoms with Crippen molar-refractivity contribution in [3.63, 3.8) is 0 Å². The number of rotatable bonds is 6. The first-order chi connectivity index (χ1) is 14.2. The fourth-order valence-corrected chi connectivity index (χ4v) is 3.97. The number of nitrogens with zero attached hydrogens (tertiary/aromatic N) is 4. The highest BCUT2D eigenvalue weighted by atomic mass is 19.1. The van der Waals surface area contributed by atoms with Gasteiger partial charge in [0, 0.05) is 0 Å². The van der Waals surface area contributed by atoms with Crippen molar-refractivity contribution in [3.8, 4) is 5.75 Å². The molecule has 0 aliphatic carbocycles. The first-order valence-electron chi connectivity index (χ1n) is 9.95. The van der Waals surface area contributed by atoms with Crippen LogP contribution < -0.4 is 14.5 Å². The number of hydrogen-bond acceptors (Lipinski definition) is 4. The van der Waals surface area contributed by atoms with Gasteiger partial charge in [-0.25, -0.2) is 9.07 Å². The molecule has 0 bridgehead atoms. The summed E-state index contributed by atoms with van der Waals surface area (Å²) in [7, 11) is 3.84. The topological polar surface area (TPSA) is 61.7 Å². The number of benzene rings is 2. The van der Waals surface area contributed by atoms with Gasteiger partial charge < -0.3 is 14.5 Å². The van der Waals surface area contributed by atoms with Crippen LogP contribution in [0.15, 0.2) is 48.5 Å². The molecule has 1 aliphatic heterocycles. The molecule has 0 radical (unpaired) electrons. The molecule has 0 spiro atoms.